The quantitative estimate of drug-likeness (QED) is 0.878. The number of benzene rings is 1. The fourth-order valence-corrected chi connectivity index (χ4v) is 2.09. The molecule has 2 aromatic rings. The van der Waals surface area contributed by atoms with Crippen LogP contribution in [0.2, 0.25) is 0 Å². The Balaban J connectivity index is 1.76. The summed E-state index contributed by atoms with van der Waals surface area (Å²) in [6.45, 7) is 0.604. The van der Waals surface area contributed by atoms with Crippen molar-refractivity contribution in [3.63, 3.8) is 0 Å². The van der Waals surface area contributed by atoms with E-state index < -0.39 is 5.82 Å². The fraction of sp³-hybridized carbons (Fsp3) is 0.267. The minimum absolute atomic E-state index is 0.101. The van der Waals surface area contributed by atoms with Crippen LogP contribution in [0, 0.1) is 11.7 Å². The lowest BCUT2D eigenvalue weighted by molar-refractivity contribution is 0.286. The van der Waals surface area contributed by atoms with Crippen molar-refractivity contribution in [2.75, 3.05) is 12.3 Å². The first kappa shape index (κ1) is 14.1. The Hall–Kier alpha value is -1.82. The molecule has 0 spiro atoms. The van der Waals surface area contributed by atoms with Crippen LogP contribution in [0.5, 0.6) is 17.5 Å². The third-order valence-corrected chi connectivity index (χ3v) is 3.62. The molecule has 110 valence electrons. The van der Waals surface area contributed by atoms with Crippen molar-refractivity contribution < 1.29 is 13.9 Å². The highest BCUT2D eigenvalue weighted by Gasteiger charge is 2.22. The summed E-state index contributed by atoms with van der Waals surface area (Å²) >= 11 is 3.20. The molecule has 0 aliphatic heterocycles. The number of aromatic nitrogens is 1. The molecule has 3 rings (SSSR count). The van der Waals surface area contributed by atoms with Crippen LogP contribution in [-0.2, 0) is 0 Å². The maximum atomic E-state index is 13.7. The Morgan fingerprint density at radius 2 is 2.10 bits per heavy atom. The first-order chi connectivity index (χ1) is 10.1. The molecule has 21 heavy (non-hydrogen) atoms. The van der Waals surface area contributed by atoms with E-state index in [0.717, 1.165) is 0 Å². The van der Waals surface area contributed by atoms with E-state index in [1.807, 2.05) is 0 Å². The molecule has 0 bridgehead atoms. The lowest BCUT2D eigenvalue weighted by Crippen LogP contribution is -2.04. The van der Waals surface area contributed by atoms with Crippen molar-refractivity contribution in [1.29, 1.82) is 0 Å². The maximum absolute atomic E-state index is 13.7. The zero-order valence-electron chi connectivity index (χ0n) is 11.2. The topological polar surface area (TPSA) is 57.4 Å². The van der Waals surface area contributed by atoms with Crippen molar-refractivity contribution in [1.82, 2.24) is 4.98 Å². The van der Waals surface area contributed by atoms with E-state index in [1.54, 1.807) is 18.2 Å². The predicted molar refractivity (Wildman–Crippen MR) is 81.0 cm³/mol. The molecule has 0 amide bonds. The Morgan fingerprint density at radius 3 is 2.81 bits per heavy atom. The second-order valence-electron chi connectivity index (χ2n) is 4.98. The smallest absolute Gasteiger partial charge is 0.240 e. The standard InChI is InChI=1S/C15H14BrFN2O2/c16-10-3-5-13(11(17)7-10)21-14-6-4-12(18)15(19-14)20-8-9-1-2-9/h3-7,9H,1-2,8,18H2. The normalized spacial score (nSPS) is 14.0. The van der Waals surface area contributed by atoms with E-state index in [0.29, 0.717) is 28.6 Å². The van der Waals surface area contributed by atoms with Crippen molar-refractivity contribution in [2.45, 2.75) is 12.8 Å². The lowest BCUT2D eigenvalue weighted by atomic mass is 10.3. The number of ether oxygens (including phenoxy) is 2. The first-order valence-electron chi connectivity index (χ1n) is 6.64. The molecule has 0 radical (unpaired) electrons. The second kappa shape index (κ2) is 5.89. The molecule has 1 fully saturated rings. The molecule has 6 heteroatoms. The van der Waals surface area contributed by atoms with Crippen molar-refractivity contribution >= 4 is 21.6 Å². The van der Waals surface area contributed by atoms with Gasteiger partial charge in [0.15, 0.2) is 11.6 Å². The third kappa shape index (κ3) is 3.64. The van der Waals surface area contributed by atoms with Crippen molar-refractivity contribution in [3.05, 3.63) is 40.6 Å². The number of hydrogen-bond donors (Lipinski definition) is 1. The van der Waals surface area contributed by atoms with Gasteiger partial charge in [-0.05, 0) is 43.0 Å². The van der Waals surface area contributed by atoms with Crippen molar-refractivity contribution in [2.24, 2.45) is 5.92 Å². The summed E-state index contributed by atoms with van der Waals surface area (Å²) in [6.07, 6.45) is 2.36. The first-order valence-corrected chi connectivity index (χ1v) is 7.43. The van der Waals surface area contributed by atoms with Crippen LogP contribution in [0.15, 0.2) is 34.8 Å². The molecule has 1 heterocycles. The van der Waals surface area contributed by atoms with Gasteiger partial charge in [-0.15, -0.1) is 0 Å². The summed E-state index contributed by atoms with van der Waals surface area (Å²) in [6, 6.07) is 7.78. The van der Waals surface area contributed by atoms with Gasteiger partial charge < -0.3 is 15.2 Å². The fourth-order valence-electron chi connectivity index (χ4n) is 1.76. The highest BCUT2D eigenvalue weighted by Crippen LogP contribution is 2.32. The summed E-state index contributed by atoms with van der Waals surface area (Å²) < 4.78 is 25.4. The van der Waals surface area contributed by atoms with Gasteiger partial charge in [0, 0.05) is 10.5 Å². The number of nitrogen functional groups attached to an aromatic ring is 1. The highest BCUT2D eigenvalue weighted by molar-refractivity contribution is 9.10. The number of hydrogen-bond acceptors (Lipinski definition) is 4. The molecule has 0 saturated heterocycles. The molecule has 2 N–H and O–H groups in total. The molecule has 0 unspecified atom stereocenters. The molecule has 1 saturated carbocycles. The van der Waals surface area contributed by atoms with Gasteiger partial charge in [0.1, 0.15) is 0 Å². The van der Waals surface area contributed by atoms with Gasteiger partial charge in [-0.3, -0.25) is 0 Å². The minimum Gasteiger partial charge on any atom is -0.476 e. The average Bonchev–Trinajstić information content (AvgIpc) is 3.26. The van der Waals surface area contributed by atoms with E-state index in [9.17, 15) is 4.39 Å². The Bertz CT molecular complexity index is 662. The van der Waals surface area contributed by atoms with Crippen LogP contribution in [0.25, 0.3) is 0 Å². The molecule has 1 aliphatic rings. The minimum atomic E-state index is -0.469. The number of nitrogens with two attached hydrogens (primary N) is 1. The Labute approximate surface area is 130 Å². The van der Waals surface area contributed by atoms with Gasteiger partial charge in [-0.1, -0.05) is 15.9 Å². The van der Waals surface area contributed by atoms with E-state index in [1.165, 1.54) is 25.0 Å². The van der Waals surface area contributed by atoms with Gasteiger partial charge in [-0.25, -0.2) is 4.39 Å². The van der Waals surface area contributed by atoms with Gasteiger partial charge >= 0.3 is 0 Å². The van der Waals surface area contributed by atoms with Crippen LogP contribution in [0.3, 0.4) is 0 Å². The van der Waals surface area contributed by atoms with Gasteiger partial charge in [0.05, 0.1) is 12.3 Å². The number of halogens is 2. The van der Waals surface area contributed by atoms with Gasteiger partial charge in [0.25, 0.3) is 0 Å². The molecule has 1 aliphatic carbocycles. The van der Waals surface area contributed by atoms with Crippen molar-refractivity contribution in [3.8, 4) is 17.5 Å². The highest BCUT2D eigenvalue weighted by atomic mass is 79.9. The lowest BCUT2D eigenvalue weighted by Gasteiger charge is -2.10. The molecular weight excluding hydrogens is 339 g/mol. The SMILES string of the molecule is Nc1ccc(Oc2ccc(Br)cc2F)nc1OCC1CC1. The van der Waals surface area contributed by atoms with Crippen LogP contribution in [0.1, 0.15) is 12.8 Å². The summed E-state index contributed by atoms with van der Waals surface area (Å²) in [5, 5.41) is 0. The van der Waals surface area contributed by atoms with Crippen LogP contribution in [-0.4, -0.2) is 11.6 Å². The van der Waals surface area contributed by atoms with Gasteiger partial charge in [-0.2, -0.15) is 4.98 Å². The van der Waals surface area contributed by atoms with E-state index in [-0.39, 0.29) is 11.6 Å². The molecule has 0 atom stereocenters. The zero-order chi connectivity index (χ0) is 14.8. The number of pyridine rings is 1. The van der Waals surface area contributed by atoms with Crippen LogP contribution >= 0.6 is 15.9 Å². The summed E-state index contributed by atoms with van der Waals surface area (Å²) in [5.41, 5.74) is 6.26. The molecular formula is C15H14BrFN2O2. The largest absolute Gasteiger partial charge is 0.476 e. The number of nitrogens with zero attached hydrogens (tertiary/aromatic N) is 1. The summed E-state index contributed by atoms with van der Waals surface area (Å²) in [5.74, 6) is 0.805. The summed E-state index contributed by atoms with van der Waals surface area (Å²) in [7, 11) is 0. The average molecular weight is 353 g/mol. The third-order valence-electron chi connectivity index (χ3n) is 3.13. The van der Waals surface area contributed by atoms with Crippen LogP contribution < -0.4 is 15.2 Å². The second-order valence-corrected chi connectivity index (χ2v) is 5.89. The van der Waals surface area contributed by atoms with Gasteiger partial charge in [0.2, 0.25) is 11.8 Å². The Kier molecular flexibility index (Phi) is 3.96. The van der Waals surface area contributed by atoms with E-state index in [2.05, 4.69) is 20.9 Å². The zero-order valence-corrected chi connectivity index (χ0v) is 12.8. The van der Waals surface area contributed by atoms with E-state index >= 15 is 0 Å². The summed E-state index contributed by atoms with van der Waals surface area (Å²) in [4.78, 5) is 4.18. The number of anilines is 1. The monoisotopic (exact) mass is 352 g/mol. The maximum Gasteiger partial charge on any atom is 0.240 e. The predicted octanol–water partition coefficient (Wildman–Crippen LogP) is 4.15. The van der Waals surface area contributed by atoms with Crippen LogP contribution in [0.4, 0.5) is 10.1 Å². The number of rotatable bonds is 5. The van der Waals surface area contributed by atoms with E-state index in [4.69, 9.17) is 15.2 Å². The molecule has 1 aromatic heterocycles. The Morgan fingerprint density at radius 1 is 1.29 bits per heavy atom. The molecule has 1 aromatic carbocycles. The molecule has 4 nitrogen and oxygen atoms in total.